The molecule has 96 valence electrons. The van der Waals surface area contributed by atoms with Crippen LogP contribution < -0.4 is 5.32 Å². The Labute approximate surface area is 108 Å². The molecule has 0 saturated heterocycles. The molecular weight excluding hydrogens is 224 g/mol. The molecule has 2 aromatic heterocycles. The molecule has 2 heterocycles. The van der Waals surface area contributed by atoms with E-state index in [0.717, 1.165) is 17.0 Å². The van der Waals surface area contributed by atoms with Crippen molar-refractivity contribution in [3.05, 3.63) is 41.9 Å². The molecule has 4 heteroatoms. The third-order valence-electron chi connectivity index (χ3n) is 3.22. The van der Waals surface area contributed by atoms with E-state index in [1.54, 1.807) is 0 Å². The van der Waals surface area contributed by atoms with Gasteiger partial charge in [0.2, 0.25) is 0 Å². The summed E-state index contributed by atoms with van der Waals surface area (Å²) < 4.78 is 1.90. The molecule has 0 aromatic carbocycles. The highest BCUT2D eigenvalue weighted by Gasteiger charge is 2.13. The van der Waals surface area contributed by atoms with Gasteiger partial charge < -0.3 is 5.32 Å². The monoisotopic (exact) mass is 244 g/mol. The first kappa shape index (κ1) is 12.8. The van der Waals surface area contributed by atoms with Gasteiger partial charge in [-0.2, -0.15) is 5.10 Å². The SMILES string of the molecule is C=CC(C)NC(C)c1cnc2cc(C)nn2c1C. The maximum Gasteiger partial charge on any atom is 0.155 e. The topological polar surface area (TPSA) is 42.2 Å². The molecule has 2 atom stereocenters. The fraction of sp³-hybridized carbons (Fsp3) is 0.429. The van der Waals surface area contributed by atoms with Crippen molar-refractivity contribution >= 4 is 5.65 Å². The van der Waals surface area contributed by atoms with Crippen molar-refractivity contribution in [2.24, 2.45) is 0 Å². The standard InChI is InChI=1S/C14H20N4/c1-6-9(2)16-11(4)13-8-15-14-7-10(3)17-18(14)12(13)5/h6-9,11,16H,1H2,2-5H3. The molecule has 0 radical (unpaired) electrons. The summed E-state index contributed by atoms with van der Waals surface area (Å²) >= 11 is 0. The zero-order valence-electron chi connectivity index (χ0n) is 11.4. The number of hydrogen-bond acceptors (Lipinski definition) is 3. The smallest absolute Gasteiger partial charge is 0.155 e. The zero-order valence-corrected chi connectivity index (χ0v) is 11.4. The lowest BCUT2D eigenvalue weighted by Gasteiger charge is -2.19. The quantitative estimate of drug-likeness (QED) is 0.840. The van der Waals surface area contributed by atoms with Gasteiger partial charge in [0.05, 0.1) is 5.69 Å². The van der Waals surface area contributed by atoms with Crippen LogP contribution in [0.4, 0.5) is 0 Å². The van der Waals surface area contributed by atoms with E-state index in [0.29, 0.717) is 0 Å². The number of nitrogens with one attached hydrogen (secondary N) is 1. The van der Waals surface area contributed by atoms with Crippen LogP contribution in [0.15, 0.2) is 24.9 Å². The maximum absolute atomic E-state index is 4.46. The van der Waals surface area contributed by atoms with Gasteiger partial charge in [-0.05, 0) is 27.7 Å². The number of nitrogens with zero attached hydrogens (tertiary/aromatic N) is 3. The molecule has 1 N–H and O–H groups in total. The van der Waals surface area contributed by atoms with Crippen molar-refractivity contribution in [2.75, 3.05) is 0 Å². The summed E-state index contributed by atoms with van der Waals surface area (Å²) in [6.07, 6.45) is 3.83. The van der Waals surface area contributed by atoms with Crippen molar-refractivity contribution in [3.8, 4) is 0 Å². The summed E-state index contributed by atoms with van der Waals surface area (Å²) in [4.78, 5) is 4.45. The van der Waals surface area contributed by atoms with E-state index < -0.39 is 0 Å². The molecule has 0 amide bonds. The van der Waals surface area contributed by atoms with E-state index in [1.807, 2.05) is 29.8 Å². The van der Waals surface area contributed by atoms with Crippen molar-refractivity contribution in [1.29, 1.82) is 0 Å². The normalized spacial score (nSPS) is 14.7. The lowest BCUT2D eigenvalue weighted by molar-refractivity contribution is 0.530. The molecule has 2 aromatic rings. The Morgan fingerprint density at radius 1 is 1.39 bits per heavy atom. The Balaban J connectivity index is 2.38. The van der Waals surface area contributed by atoms with Crippen LogP contribution in [0.5, 0.6) is 0 Å². The summed E-state index contributed by atoms with van der Waals surface area (Å²) in [7, 11) is 0. The first-order valence-electron chi connectivity index (χ1n) is 6.23. The van der Waals surface area contributed by atoms with E-state index in [4.69, 9.17) is 0 Å². The molecule has 0 fully saturated rings. The van der Waals surface area contributed by atoms with Crippen LogP contribution in [0.3, 0.4) is 0 Å². The zero-order chi connectivity index (χ0) is 13.3. The highest BCUT2D eigenvalue weighted by atomic mass is 15.3. The van der Waals surface area contributed by atoms with Crippen LogP contribution in [0.25, 0.3) is 5.65 Å². The van der Waals surface area contributed by atoms with Gasteiger partial charge in [0.1, 0.15) is 0 Å². The molecule has 4 nitrogen and oxygen atoms in total. The Morgan fingerprint density at radius 3 is 2.78 bits per heavy atom. The summed E-state index contributed by atoms with van der Waals surface area (Å²) in [6.45, 7) is 12.1. The predicted molar refractivity (Wildman–Crippen MR) is 73.7 cm³/mol. The third kappa shape index (κ3) is 2.29. The van der Waals surface area contributed by atoms with E-state index >= 15 is 0 Å². The van der Waals surface area contributed by atoms with Crippen molar-refractivity contribution in [2.45, 2.75) is 39.8 Å². The minimum atomic E-state index is 0.222. The molecule has 2 unspecified atom stereocenters. The minimum absolute atomic E-state index is 0.222. The number of hydrogen-bond donors (Lipinski definition) is 1. The van der Waals surface area contributed by atoms with Gasteiger partial charge in [0.25, 0.3) is 0 Å². The fourth-order valence-corrected chi connectivity index (χ4v) is 2.15. The lowest BCUT2D eigenvalue weighted by atomic mass is 10.1. The molecule has 18 heavy (non-hydrogen) atoms. The van der Waals surface area contributed by atoms with Gasteiger partial charge in [-0.1, -0.05) is 6.08 Å². The number of aromatic nitrogens is 3. The van der Waals surface area contributed by atoms with Crippen molar-refractivity contribution in [3.63, 3.8) is 0 Å². The van der Waals surface area contributed by atoms with Gasteiger partial charge in [-0.25, -0.2) is 9.50 Å². The molecule has 0 aliphatic carbocycles. The highest BCUT2D eigenvalue weighted by molar-refractivity contribution is 5.42. The molecule has 0 spiro atoms. The average Bonchev–Trinajstić information content (AvgIpc) is 2.70. The minimum Gasteiger partial charge on any atom is -0.304 e. The Kier molecular flexibility index (Phi) is 3.48. The van der Waals surface area contributed by atoms with Crippen LogP contribution in [-0.2, 0) is 0 Å². The second-order valence-electron chi connectivity index (χ2n) is 4.77. The summed E-state index contributed by atoms with van der Waals surface area (Å²) in [5.41, 5.74) is 4.18. The molecule has 0 aliphatic heterocycles. The first-order valence-corrected chi connectivity index (χ1v) is 6.23. The van der Waals surface area contributed by atoms with Crippen molar-refractivity contribution < 1.29 is 0 Å². The molecule has 0 saturated carbocycles. The van der Waals surface area contributed by atoms with Crippen molar-refractivity contribution in [1.82, 2.24) is 19.9 Å². The Morgan fingerprint density at radius 2 is 2.11 bits per heavy atom. The van der Waals surface area contributed by atoms with Gasteiger partial charge >= 0.3 is 0 Å². The van der Waals surface area contributed by atoms with E-state index in [-0.39, 0.29) is 12.1 Å². The molecule has 0 bridgehead atoms. The molecule has 0 aliphatic rings. The average molecular weight is 244 g/mol. The van der Waals surface area contributed by atoms with E-state index in [1.165, 1.54) is 5.56 Å². The Hall–Kier alpha value is -1.68. The third-order valence-corrected chi connectivity index (χ3v) is 3.22. The van der Waals surface area contributed by atoms with E-state index in [2.05, 4.69) is 42.7 Å². The number of aryl methyl sites for hydroxylation is 2. The van der Waals surface area contributed by atoms with Gasteiger partial charge in [0.15, 0.2) is 5.65 Å². The Bertz CT molecular complexity index is 570. The van der Waals surface area contributed by atoms with Crippen LogP contribution in [-0.4, -0.2) is 20.6 Å². The van der Waals surface area contributed by atoms with Crippen LogP contribution in [0.2, 0.25) is 0 Å². The van der Waals surface area contributed by atoms with Crippen LogP contribution in [0.1, 0.15) is 36.8 Å². The van der Waals surface area contributed by atoms with E-state index in [9.17, 15) is 0 Å². The van der Waals surface area contributed by atoms with Gasteiger partial charge in [0, 0.05) is 35.6 Å². The van der Waals surface area contributed by atoms with Crippen LogP contribution in [0, 0.1) is 13.8 Å². The number of rotatable bonds is 4. The fourth-order valence-electron chi connectivity index (χ4n) is 2.15. The van der Waals surface area contributed by atoms with Gasteiger partial charge in [-0.15, -0.1) is 6.58 Å². The largest absolute Gasteiger partial charge is 0.304 e. The summed E-state index contributed by atoms with van der Waals surface area (Å²) in [6, 6.07) is 2.48. The maximum atomic E-state index is 4.46. The summed E-state index contributed by atoms with van der Waals surface area (Å²) in [5.74, 6) is 0. The molecular formula is C14H20N4. The van der Waals surface area contributed by atoms with Gasteiger partial charge in [-0.3, -0.25) is 0 Å². The molecule has 2 rings (SSSR count). The summed E-state index contributed by atoms with van der Waals surface area (Å²) in [5, 5.41) is 7.92. The first-order chi connectivity index (χ1) is 8.52. The number of fused-ring (bicyclic) bond motifs is 1. The highest BCUT2D eigenvalue weighted by Crippen LogP contribution is 2.18. The predicted octanol–water partition coefficient (Wildman–Crippen LogP) is 2.57. The lowest BCUT2D eigenvalue weighted by Crippen LogP contribution is -2.28. The van der Waals surface area contributed by atoms with Crippen LogP contribution >= 0.6 is 0 Å². The second-order valence-corrected chi connectivity index (χ2v) is 4.77. The second kappa shape index (κ2) is 4.90.